The zero-order valence-corrected chi connectivity index (χ0v) is 28.6. The zero-order valence-electron chi connectivity index (χ0n) is 28.6. The van der Waals surface area contributed by atoms with Crippen LogP contribution < -0.4 is 10.1 Å². The van der Waals surface area contributed by atoms with E-state index in [9.17, 15) is 19.8 Å². The summed E-state index contributed by atoms with van der Waals surface area (Å²) in [5.74, 6) is 0.461. The molecule has 46 heavy (non-hydrogen) atoms. The van der Waals surface area contributed by atoms with Crippen LogP contribution in [0.1, 0.15) is 106 Å². The van der Waals surface area contributed by atoms with Gasteiger partial charge in [0.1, 0.15) is 5.75 Å². The van der Waals surface area contributed by atoms with E-state index in [0.29, 0.717) is 68.6 Å². The van der Waals surface area contributed by atoms with Gasteiger partial charge in [-0.25, -0.2) is 4.79 Å². The molecule has 0 spiro atoms. The highest BCUT2D eigenvalue weighted by atomic mass is 16.5. The molecule has 8 heteroatoms. The van der Waals surface area contributed by atoms with Gasteiger partial charge in [-0.2, -0.15) is 0 Å². The molecule has 2 aromatic carbocycles. The number of carbonyl (C=O) groups is 2. The minimum atomic E-state index is -1.19. The fourth-order valence-corrected chi connectivity index (χ4v) is 7.40. The van der Waals surface area contributed by atoms with Gasteiger partial charge in [-0.1, -0.05) is 30.7 Å². The summed E-state index contributed by atoms with van der Waals surface area (Å²) in [6.07, 6.45) is 6.87. The summed E-state index contributed by atoms with van der Waals surface area (Å²) < 4.78 is 10.6. The molecule has 0 aromatic heterocycles. The second-order valence-corrected chi connectivity index (χ2v) is 13.9. The van der Waals surface area contributed by atoms with Crippen molar-refractivity contribution >= 4 is 11.8 Å². The Morgan fingerprint density at radius 3 is 2.50 bits per heavy atom. The first kappa shape index (κ1) is 35.7. The van der Waals surface area contributed by atoms with E-state index in [0.717, 1.165) is 24.0 Å². The normalized spacial score (nSPS) is 25.0. The monoisotopic (exact) mass is 634 g/mol. The third kappa shape index (κ3) is 8.20. The van der Waals surface area contributed by atoms with Gasteiger partial charge in [0.2, 0.25) is 0 Å². The number of fused-ring (bicyclic) bond motifs is 8. The number of ether oxygens (including phenoxy) is 2. The molecule has 1 saturated carbocycles. The third-order valence-electron chi connectivity index (χ3n) is 10.2. The Bertz CT molecular complexity index is 1370. The molecule has 5 rings (SSSR count). The Morgan fingerprint density at radius 2 is 1.83 bits per heavy atom. The molecule has 2 aromatic rings. The predicted molar refractivity (Wildman–Crippen MR) is 182 cm³/mol. The number of allylic oxidation sites excluding steroid dienone is 2. The van der Waals surface area contributed by atoms with Crippen molar-refractivity contribution in [3.8, 4) is 5.75 Å². The fraction of sp³-hybridized carbons (Fsp3) is 0.579. The van der Waals surface area contributed by atoms with E-state index in [1.807, 2.05) is 32.0 Å². The Hall–Kier alpha value is -3.20. The summed E-state index contributed by atoms with van der Waals surface area (Å²) in [4.78, 5) is 29.4. The summed E-state index contributed by atoms with van der Waals surface area (Å²) in [7, 11) is 3.25. The molecular weight excluding hydrogens is 580 g/mol. The minimum absolute atomic E-state index is 0.0370. The average Bonchev–Trinajstić information content (AvgIpc) is 3.27. The Morgan fingerprint density at radius 1 is 1.09 bits per heavy atom. The molecule has 1 fully saturated rings. The molecule has 0 aliphatic heterocycles. The van der Waals surface area contributed by atoms with E-state index in [1.54, 1.807) is 43.4 Å². The van der Waals surface area contributed by atoms with E-state index >= 15 is 0 Å². The quantitative estimate of drug-likeness (QED) is 0.158. The van der Waals surface area contributed by atoms with Gasteiger partial charge < -0.3 is 29.9 Å². The summed E-state index contributed by atoms with van der Waals surface area (Å²) in [5, 5.41) is 26.6. The van der Waals surface area contributed by atoms with Crippen LogP contribution in [0, 0.1) is 5.41 Å². The molecule has 0 heterocycles. The molecule has 0 saturated heterocycles. The highest BCUT2D eigenvalue weighted by molar-refractivity contribution is 6.10. The summed E-state index contributed by atoms with van der Waals surface area (Å²) in [6, 6.07) is 12.9. The number of hydrogen-bond acceptors (Lipinski definition) is 6. The molecule has 3 N–H and O–H groups in total. The van der Waals surface area contributed by atoms with Crippen molar-refractivity contribution in [2.75, 3.05) is 33.9 Å². The van der Waals surface area contributed by atoms with Crippen LogP contribution in [0.25, 0.3) is 0 Å². The second-order valence-electron chi connectivity index (χ2n) is 13.9. The maximum atomic E-state index is 14.2. The lowest BCUT2D eigenvalue weighted by Crippen LogP contribution is -2.56. The molecule has 3 aliphatic carbocycles. The average molecular weight is 635 g/mol. The molecule has 2 bridgehead atoms. The number of aliphatic hydroxyl groups is 2. The molecule has 0 unspecified atom stereocenters. The van der Waals surface area contributed by atoms with Crippen LogP contribution in [0.15, 0.2) is 54.1 Å². The lowest BCUT2D eigenvalue weighted by molar-refractivity contribution is -0.0775. The van der Waals surface area contributed by atoms with Crippen LogP contribution >= 0.6 is 0 Å². The number of methoxy groups -OCH3 is 2. The van der Waals surface area contributed by atoms with E-state index in [1.165, 1.54) is 5.57 Å². The number of nitrogens with one attached hydrogen (secondary N) is 1. The number of aliphatic hydroxyl groups excluding tert-OH is 1. The summed E-state index contributed by atoms with van der Waals surface area (Å²) >= 11 is 0. The van der Waals surface area contributed by atoms with Crippen molar-refractivity contribution in [3.05, 3.63) is 76.4 Å². The van der Waals surface area contributed by atoms with E-state index in [-0.39, 0.29) is 30.3 Å². The van der Waals surface area contributed by atoms with Crippen molar-refractivity contribution < 1.29 is 29.3 Å². The van der Waals surface area contributed by atoms with Gasteiger partial charge in [-0.15, -0.1) is 0 Å². The van der Waals surface area contributed by atoms with E-state index in [4.69, 9.17) is 9.47 Å². The van der Waals surface area contributed by atoms with E-state index < -0.39 is 17.1 Å². The Kier molecular flexibility index (Phi) is 12.1. The van der Waals surface area contributed by atoms with Crippen molar-refractivity contribution in [2.45, 2.75) is 103 Å². The van der Waals surface area contributed by atoms with Gasteiger partial charge in [-0.05, 0) is 120 Å². The van der Waals surface area contributed by atoms with Gasteiger partial charge in [0.05, 0.1) is 25.4 Å². The maximum absolute atomic E-state index is 14.2. The van der Waals surface area contributed by atoms with Crippen molar-refractivity contribution in [1.29, 1.82) is 0 Å². The zero-order chi connectivity index (χ0) is 33.5. The predicted octanol–water partition coefficient (Wildman–Crippen LogP) is 6.42. The number of rotatable bonds is 10. The summed E-state index contributed by atoms with van der Waals surface area (Å²) in [5.41, 5.74) is 2.38. The summed E-state index contributed by atoms with van der Waals surface area (Å²) in [6.45, 7) is 9.29. The van der Waals surface area contributed by atoms with Gasteiger partial charge in [0.25, 0.3) is 0 Å². The lowest BCUT2D eigenvalue weighted by Gasteiger charge is -2.46. The standard InChI is InChI=1S/C38H54N2O6/c1-26(2)39-36(43)40(21-8-22-45-5)25-38(44)20-18-34-32-17-11-28(23-30(41)14-10-27(3)9-7-19-37(34,38)4)24-33(32)35(42)29-12-15-31(46-6)16-13-29/h9,11-13,15-17,24,26,30,34,41,44H,7-8,10,14,18-23,25H2,1-6H3,(H,39,43)/t30-,34-,37-,38+/m0/s1. The first-order valence-corrected chi connectivity index (χ1v) is 16.8. The Labute approximate surface area is 275 Å². The molecular formula is C38H54N2O6. The highest BCUT2D eigenvalue weighted by Crippen LogP contribution is 2.59. The van der Waals surface area contributed by atoms with Crippen LogP contribution in [-0.2, 0) is 11.2 Å². The first-order chi connectivity index (χ1) is 21.9. The van der Waals surface area contributed by atoms with Crippen molar-refractivity contribution in [2.24, 2.45) is 5.41 Å². The fourth-order valence-electron chi connectivity index (χ4n) is 7.40. The van der Waals surface area contributed by atoms with Crippen LogP contribution in [0.3, 0.4) is 0 Å². The molecule has 0 radical (unpaired) electrons. The van der Waals surface area contributed by atoms with Gasteiger partial charge in [0.15, 0.2) is 5.78 Å². The molecule has 4 atom stereocenters. The van der Waals surface area contributed by atoms with Crippen LogP contribution in [0.5, 0.6) is 5.75 Å². The number of amides is 2. The number of urea groups is 1. The van der Waals surface area contributed by atoms with Crippen LogP contribution in [0.4, 0.5) is 4.79 Å². The van der Waals surface area contributed by atoms with Crippen LogP contribution in [0.2, 0.25) is 0 Å². The molecule has 252 valence electrons. The topological polar surface area (TPSA) is 108 Å². The van der Waals surface area contributed by atoms with Crippen LogP contribution in [-0.4, -0.2) is 78.6 Å². The SMILES string of the molecule is COCCCN(C[C@]1(O)CC[C@H]2c3ccc(cc3C(=O)c3ccc(OC)cc3)C[C@@H](O)CCC(C)=CCC[C@@]21C)C(=O)NC(C)C. The highest BCUT2D eigenvalue weighted by Gasteiger charge is 2.57. The van der Waals surface area contributed by atoms with Gasteiger partial charge in [0, 0.05) is 42.8 Å². The minimum Gasteiger partial charge on any atom is -0.497 e. The number of hydrogen-bond donors (Lipinski definition) is 3. The number of carbonyl (C=O) groups excluding carboxylic acids is 2. The lowest BCUT2D eigenvalue weighted by atomic mass is 9.64. The largest absolute Gasteiger partial charge is 0.497 e. The number of ketones is 1. The molecule has 8 nitrogen and oxygen atoms in total. The molecule has 2 amide bonds. The smallest absolute Gasteiger partial charge is 0.317 e. The van der Waals surface area contributed by atoms with Gasteiger partial charge in [-0.3, -0.25) is 4.79 Å². The number of benzene rings is 2. The molecule has 3 aliphatic rings. The van der Waals surface area contributed by atoms with Crippen molar-refractivity contribution in [3.63, 3.8) is 0 Å². The number of nitrogens with zero attached hydrogens (tertiary/aromatic N) is 1. The Balaban J connectivity index is 1.80. The maximum Gasteiger partial charge on any atom is 0.317 e. The van der Waals surface area contributed by atoms with Crippen molar-refractivity contribution in [1.82, 2.24) is 10.2 Å². The van der Waals surface area contributed by atoms with E-state index in [2.05, 4.69) is 25.2 Å². The third-order valence-corrected chi connectivity index (χ3v) is 10.2. The first-order valence-electron chi connectivity index (χ1n) is 16.8. The second kappa shape index (κ2) is 15.6. The van der Waals surface area contributed by atoms with Gasteiger partial charge >= 0.3 is 6.03 Å².